The summed E-state index contributed by atoms with van der Waals surface area (Å²) in [6, 6.07) is 0.422. The average molecular weight is 279 g/mol. The van der Waals surface area contributed by atoms with E-state index >= 15 is 0 Å². The van der Waals surface area contributed by atoms with Crippen molar-refractivity contribution in [2.75, 3.05) is 29.7 Å². The molecule has 1 fully saturated rings. The molecule has 1 saturated carbocycles. The molecule has 0 radical (unpaired) electrons. The molecule has 0 saturated heterocycles. The van der Waals surface area contributed by atoms with Crippen molar-refractivity contribution in [2.45, 2.75) is 45.6 Å². The lowest BCUT2D eigenvalue weighted by atomic mass is 9.76. The van der Waals surface area contributed by atoms with Crippen molar-refractivity contribution in [3.05, 3.63) is 0 Å². The number of nitrogens with two attached hydrogens (primary N) is 1. The van der Waals surface area contributed by atoms with Crippen molar-refractivity contribution in [1.29, 1.82) is 0 Å². The van der Waals surface area contributed by atoms with E-state index in [0.29, 0.717) is 29.3 Å². The largest absolute Gasteiger partial charge is 0.351 e. The number of anilines is 3. The van der Waals surface area contributed by atoms with Crippen molar-refractivity contribution in [2.24, 2.45) is 11.3 Å². The van der Waals surface area contributed by atoms with E-state index < -0.39 is 0 Å². The summed E-state index contributed by atoms with van der Waals surface area (Å²) in [4.78, 5) is 14.7. The molecular weight excluding hydrogens is 254 g/mol. The van der Waals surface area contributed by atoms with E-state index in [9.17, 15) is 0 Å². The van der Waals surface area contributed by atoms with Crippen LogP contribution in [0.4, 0.5) is 17.8 Å². The Bertz CT molecular complexity index is 448. The topological polar surface area (TPSA) is 92.0 Å². The van der Waals surface area contributed by atoms with E-state index in [1.165, 1.54) is 12.8 Å². The second kappa shape index (κ2) is 5.78. The SMILES string of the molecule is CN(C)c1nc(NN)nc(NC2CCC(C)(C)CC2)n1. The van der Waals surface area contributed by atoms with Crippen molar-refractivity contribution in [1.82, 2.24) is 15.0 Å². The minimum absolute atomic E-state index is 0.377. The molecule has 0 atom stereocenters. The van der Waals surface area contributed by atoms with Gasteiger partial charge in [-0.05, 0) is 31.1 Å². The molecule has 0 amide bonds. The maximum atomic E-state index is 5.41. The van der Waals surface area contributed by atoms with Crippen LogP contribution in [0, 0.1) is 5.41 Å². The first-order valence-electron chi connectivity index (χ1n) is 7.06. The van der Waals surface area contributed by atoms with Gasteiger partial charge in [0, 0.05) is 20.1 Å². The second-order valence-corrected chi connectivity index (χ2v) is 6.40. The Morgan fingerprint density at radius 2 is 1.70 bits per heavy atom. The van der Waals surface area contributed by atoms with Crippen molar-refractivity contribution in [3.63, 3.8) is 0 Å². The summed E-state index contributed by atoms with van der Waals surface area (Å²) < 4.78 is 0. The highest BCUT2D eigenvalue weighted by Gasteiger charge is 2.27. The molecule has 0 aromatic carbocycles. The Kier molecular flexibility index (Phi) is 4.27. The van der Waals surface area contributed by atoms with E-state index in [4.69, 9.17) is 5.84 Å². The van der Waals surface area contributed by atoms with Gasteiger partial charge in [-0.25, -0.2) is 5.84 Å². The molecule has 20 heavy (non-hydrogen) atoms. The molecule has 1 aromatic heterocycles. The van der Waals surface area contributed by atoms with Gasteiger partial charge in [0.2, 0.25) is 17.8 Å². The monoisotopic (exact) mass is 279 g/mol. The summed E-state index contributed by atoms with van der Waals surface area (Å²) in [6.45, 7) is 4.65. The quantitative estimate of drug-likeness (QED) is 0.569. The van der Waals surface area contributed by atoms with Crippen LogP contribution >= 0.6 is 0 Å². The number of nitrogens with one attached hydrogen (secondary N) is 2. The number of hydrazine groups is 1. The van der Waals surface area contributed by atoms with Crippen LogP contribution in [0.15, 0.2) is 0 Å². The molecule has 1 heterocycles. The Morgan fingerprint density at radius 1 is 1.10 bits per heavy atom. The first-order chi connectivity index (χ1) is 9.39. The van der Waals surface area contributed by atoms with Crippen LogP contribution in [0.5, 0.6) is 0 Å². The van der Waals surface area contributed by atoms with Crippen LogP contribution in [0.3, 0.4) is 0 Å². The smallest absolute Gasteiger partial charge is 0.243 e. The number of nitrogen functional groups attached to an aromatic ring is 1. The van der Waals surface area contributed by atoms with Gasteiger partial charge in [0.25, 0.3) is 0 Å². The molecule has 1 aliphatic rings. The van der Waals surface area contributed by atoms with Crippen LogP contribution in [0.1, 0.15) is 39.5 Å². The fraction of sp³-hybridized carbons (Fsp3) is 0.769. The van der Waals surface area contributed by atoms with Gasteiger partial charge >= 0.3 is 0 Å². The predicted molar refractivity (Wildman–Crippen MR) is 81.6 cm³/mol. The molecule has 1 aromatic rings. The fourth-order valence-corrected chi connectivity index (χ4v) is 2.42. The molecule has 2 rings (SSSR count). The highest BCUT2D eigenvalue weighted by molar-refractivity contribution is 5.42. The minimum Gasteiger partial charge on any atom is -0.351 e. The third-order valence-electron chi connectivity index (χ3n) is 3.83. The summed E-state index contributed by atoms with van der Waals surface area (Å²) in [5, 5.41) is 3.40. The van der Waals surface area contributed by atoms with E-state index in [1.807, 2.05) is 19.0 Å². The zero-order valence-electron chi connectivity index (χ0n) is 12.8. The van der Waals surface area contributed by atoms with E-state index in [0.717, 1.165) is 12.8 Å². The number of hydrogen-bond donors (Lipinski definition) is 3. The Hall–Kier alpha value is -1.63. The standard InChI is InChI=1S/C13H25N7/c1-13(2)7-5-9(6-8-13)15-10-16-11(19-14)18-12(17-10)20(3)4/h9H,5-8,14H2,1-4H3,(H2,15,16,17,18,19). The lowest BCUT2D eigenvalue weighted by Gasteiger charge is -2.34. The lowest BCUT2D eigenvalue weighted by Crippen LogP contribution is -2.31. The van der Waals surface area contributed by atoms with Gasteiger partial charge in [0.05, 0.1) is 0 Å². The third-order valence-corrected chi connectivity index (χ3v) is 3.83. The Morgan fingerprint density at radius 3 is 2.25 bits per heavy atom. The van der Waals surface area contributed by atoms with Crippen molar-refractivity contribution < 1.29 is 0 Å². The summed E-state index contributed by atoms with van der Waals surface area (Å²) in [7, 11) is 3.78. The van der Waals surface area contributed by atoms with Gasteiger partial charge < -0.3 is 10.2 Å². The van der Waals surface area contributed by atoms with Gasteiger partial charge in [-0.2, -0.15) is 15.0 Å². The van der Waals surface area contributed by atoms with Crippen molar-refractivity contribution >= 4 is 17.8 Å². The number of aromatic nitrogens is 3. The third kappa shape index (κ3) is 3.69. The maximum Gasteiger partial charge on any atom is 0.243 e. The molecule has 4 N–H and O–H groups in total. The summed E-state index contributed by atoms with van der Waals surface area (Å²) in [6.07, 6.45) is 4.72. The van der Waals surface area contributed by atoms with Gasteiger partial charge in [0.1, 0.15) is 0 Å². The van der Waals surface area contributed by atoms with Crippen LogP contribution in [0.25, 0.3) is 0 Å². The second-order valence-electron chi connectivity index (χ2n) is 6.40. The summed E-state index contributed by atoms with van der Waals surface area (Å²) in [5.74, 6) is 6.96. The van der Waals surface area contributed by atoms with Crippen LogP contribution in [-0.4, -0.2) is 35.1 Å². The number of rotatable bonds is 4. The minimum atomic E-state index is 0.377. The molecule has 0 bridgehead atoms. The first kappa shape index (κ1) is 14.8. The van der Waals surface area contributed by atoms with E-state index in [-0.39, 0.29) is 0 Å². The molecule has 7 heteroatoms. The van der Waals surface area contributed by atoms with Gasteiger partial charge in [-0.1, -0.05) is 13.8 Å². The Balaban J connectivity index is 2.07. The molecule has 112 valence electrons. The summed E-state index contributed by atoms with van der Waals surface area (Å²) >= 11 is 0. The number of hydrogen-bond acceptors (Lipinski definition) is 7. The maximum absolute atomic E-state index is 5.41. The fourth-order valence-electron chi connectivity index (χ4n) is 2.42. The number of nitrogens with zero attached hydrogens (tertiary/aromatic N) is 4. The van der Waals surface area contributed by atoms with Crippen LogP contribution < -0.4 is 21.5 Å². The van der Waals surface area contributed by atoms with Gasteiger partial charge in [-0.3, -0.25) is 5.43 Å². The first-order valence-corrected chi connectivity index (χ1v) is 7.06. The molecule has 0 spiro atoms. The molecule has 7 nitrogen and oxygen atoms in total. The van der Waals surface area contributed by atoms with Crippen molar-refractivity contribution in [3.8, 4) is 0 Å². The van der Waals surface area contributed by atoms with Gasteiger partial charge in [0.15, 0.2) is 0 Å². The Labute approximate surface area is 120 Å². The molecule has 0 aliphatic heterocycles. The predicted octanol–water partition coefficient (Wildman–Crippen LogP) is 1.60. The lowest BCUT2D eigenvalue weighted by molar-refractivity contribution is 0.232. The van der Waals surface area contributed by atoms with Crippen LogP contribution in [-0.2, 0) is 0 Å². The molecular formula is C13H25N7. The normalized spacial score (nSPS) is 18.6. The van der Waals surface area contributed by atoms with E-state index in [2.05, 4.69) is 39.5 Å². The zero-order chi connectivity index (χ0) is 14.8. The van der Waals surface area contributed by atoms with E-state index in [1.54, 1.807) is 0 Å². The highest BCUT2D eigenvalue weighted by Crippen LogP contribution is 2.35. The molecule has 1 aliphatic carbocycles. The highest BCUT2D eigenvalue weighted by atomic mass is 15.4. The van der Waals surface area contributed by atoms with Crippen LogP contribution in [0.2, 0.25) is 0 Å². The summed E-state index contributed by atoms with van der Waals surface area (Å²) in [5.41, 5.74) is 2.94. The molecule has 0 unspecified atom stereocenters. The van der Waals surface area contributed by atoms with Gasteiger partial charge in [-0.15, -0.1) is 0 Å². The zero-order valence-corrected chi connectivity index (χ0v) is 12.8. The average Bonchev–Trinajstić information content (AvgIpc) is 2.41.